The molecular weight excluding hydrogens is 226 g/mol. The Hall–Kier alpha value is -2.11. The van der Waals surface area contributed by atoms with E-state index in [9.17, 15) is 14.4 Å². The summed E-state index contributed by atoms with van der Waals surface area (Å²) in [6.07, 6.45) is 1.45. The van der Waals surface area contributed by atoms with Crippen molar-refractivity contribution in [2.75, 3.05) is 24.6 Å². The van der Waals surface area contributed by atoms with Crippen LogP contribution in [0.4, 0.5) is 5.69 Å². The number of carboxylic acid groups (broad SMARTS) is 1. The number of aliphatic carboxylic acids is 1. The third-order valence-electron chi connectivity index (χ3n) is 2.12. The van der Waals surface area contributed by atoms with Gasteiger partial charge in [-0.2, -0.15) is 0 Å². The van der Waals surface area contributed by atoms with Gasteiger partial charge in [-0.25, -0.2) is 0 Å². The quantitative estimate of drug-likeness (QED) is 0.522. The van der Waals surface area contributed by atoms with Crippen LogP contribution in [0.5, 0.6) is 5.75 Å². The van der Waals surface area contributed by atoms with Crippen LogP contribution in [0.3, 0.4) is 0 Å². The van der Waals surface area contributed by atoms with Gasteiger partial charge in [0.05, 0.1) is 6.61 Å². The molecule has 0 aliphatic heterocycles. The van der Waals surface area contributed by atoms with E-state index in [0.29, 0.717) is 0 Å². The maximum atomic E-state index is 11.4. The number of carbonyl (C=O) groups is 1. The van der Waals surface area contributed by atoms with Crippen LogP contribution in [0.2, 0.25) is 0 Å². The van der Waals surface area contributed by atoms with Gasteiger partial charge in [-0.15, -0.1) is 6.58 Å². The van der Waals surface area contributed by atoms with Crippen LogP contribution in [-0.4, -0.2) is 30.8 Å². The Morgan fingerprint density at radius 2 is 2.12 bits per heavy atom. The SMILES string of the molecule is C=CCN(CC(=O)O)c1c(OCC)c(=O)c1=O. The van der Waals surface area contributed by atoms with Gasteiger partial charge in [-0.1, -0.05) is 6.08 Å². The van der Waals surface area contributed by atoms with Crippen LogP contribution in [0.15, 0.2) is 22.2 Å². The zero-order chi connectivity index (χ0) is 13.0. The van der Waals surface area contributed by atoms with Crippen LogP contribution < -0.4 is 20.5 Å². The van der Waals surface area contributed by atoms with E-state index in [1.165, 1.54) is 11.0 Å². The van der Waals surface area contributed by atoms with Crippen LogP contribution in [-0.2, 0) is 4.79 Å². The number of hydrogen-bond donors (Lipinski definition) is 1. The molecular formula is C11H13NO5. The highest BCUT2D eigenvalue weighted by Gasteiger charge is 2.27. The molecule has 6 nitrogen and oxygen atoms in total. The molecule has 1 rings (SSSR count). The minimum absolute atomic E-state index is 0.0270. The number of nitrogens with zero attached hydrogens (tertiary/aromatic N) is 1. The highest BCUT2D eigenvalue weighted by atomic mass is 16.5. The van der Waals surface area contributed by atoms with Gasteiger partial charge < -0.3 is 14.7 Å². The van der Waals surface area contributed by atoms with E-state index in [-0.39, 0.29) is 31.1 Å². The van der Waals surface area contributed by atoms with Crippen molar-refractivity contribution in [1.82, 2.24) is 0 Å². The fourth-order valence-corrected chi connectivity index (χ4v) is 1.48. The van der Waals surface area contributed by atoms with Crippen molar-refractivity contribution in [3.05, 3.63) is 33.1 Å². The van der Waals surface area contributed by atoms with Crippen molar-refractivity contribution in [2.24, 2.45) is 0 Å². The second-order valence-electron chi connectivity index (χ2n) is 3.33. The lowest BCUT2D eigenvalue weighted by Crippen LogP contribution is -2.43. The summed E-state index contributed by atoms with van der Waals surface area (Å²) in [5, 5.41) is 8.71. The summed E-state index contributed by atoms with van der Waals surface area (Å²) in [6, 6.07) is 0. The first-order valence-electron chi connectivity index (χ1n) is 5.06. The number of hydrogen-bond acceptors (Lipinski definition) is 5. The lowest BCUT2D eigenvalue weighted by atomic mass is 10.2. The fraction of sp³-hybridized carbons (Fsp3) is 0.364. The van der Waals surface area contributed by atoms with Crippen LogP contribution >= 0.6 is 0 Å². The van der Waals surface area contributed by atoms with Crippen molar-refractivity contribution in [1.29, 1.82) is 0 Å². The lowest BCUT2D eigenvalue weighted by Gasteiger charge is -2.23. The zero-order valence-corrected chi connectivity index (χ0v) is 9.43. The van der Waals surface area contributed by atoms with E-state index in [2.05, 4.69) is 6.58 Å². The van der Waals surface area contributed by atoms with Gasteiger partial charge in [0.15, 0.2) is 5.75 Å². The molecule has 0 aliphatic rings. The van der Waals surface area contributed by atoms with Crippen LogP contribution in [0, 0.1) is 0 Å². The molecule has 0 aromatic heterocycles. The first-order chi connectivity index (χ1) is 8.02. The number of ether oxygens (including phenoxy) is 1. The molecule has 0 bridgehead atoms. The fourth-order valence-electron chi connectivity index (χ4n) is 1.48. The Morgan fingerprint density at radius 1 is 1.47 bits per heavy atom. The van der Waals surface area contributed by atoms with E-state index in [1.54, 1.807) is 6.92 Å². The van der Waals surface area contributed by atoms with Gasteiger partial charge in [0.2, 0.25) is 0 Å². The lowest BCUT2D eigenvalue weighted by molar-refractivity contribution is -0.135. The second kappa shape index (κ2) is 5.29. The van der Waals surface area contributed by atoms with E-state index < -0.39 is 16.8 Å². The molecule has 0 spiro atoms. The van der Waals surface area contributed by atoms with Gasteiger partial charge in [0, 0.05) is 6.54 Å². The van der Waals surface area contributed by atoms with E-state index in [1.807, 2.05) is 0 Å². The molecule has 0 aliphatic carbocycles. The average molecular weight is 239 g/mol. The summed E-state index contributed by atoms with van der Waals surface area (Å²) in [4.78, 5) is 34.5. The number of anilines is 1. The minimum Gasteiger partial charge on any atom is -0.488 e. The van der Waals surface area contributed by atoms with Gasteiger partial charge in [-0.05, 0) is 6.92 Å². The Bertz CT molecular complexity index is 498. The second-order valence-corrected chi connectivity index (χ2v) is 3.33. The summed E-state index contributed by atoms with van der Waals surface area (Å²) in [5.74, 6) is -1.15. The number of rotatable bonds is 7. The van der Waals surface area contributed by atoms with E-state index in [0.717, 1.165) is 0 Å². The Morgan fingerprint density at radius 3 is 2.59 bits per heavy atom. The molecule has 0 heterocycles. The molecule has 0 atom stereocenters. The summed E-state index contributed by atoms with van der Waals surface area (Å²) in [6.45, 7) is 5.17. The smallest absolute Gasteiger partial charge is 0.323 e. The predicted octanol–water partition coefficient (Wildman–Crippen LogP) is -0.242. The Labute approximate surface area is 97.4 Å². The molecule has 0 saturated carbocycles. The molecule has 0 saturated heterocycles. The van der Waals surface area contributed by atoms with Crippen LogP contribution in [0.25, 0.3) is 0 Å². The Balaban J connectivity index is 3.05. The van der Waals surface area contributed by atoms with Gasteiger partial charge >= 0.3 is 5.97 Å². The zero-order valence-electron chi connectivity index (χ0n) is 9.43. The van der Waals surface area contributed by atoms with Crippen LogP contribution in [0.1, 0.15) is 6.92 Å². The third kappa shape index (κ3) is 2.52. The van der Waals surface area contributed by atoms with Gasteiger partial charge in [0.1, 0.15) is 12.2 Å². The predicted molar refractivity (Wildman–Crippen MR) is 62.6 cm³/mol. The Kier molecular flexibility index (Phi) is 4.03. The molecule has 6 heteroatoms. The first kappa shape index (κ1) is 13.0. The van der Waals surface area contributed by atoms with Crippen molar-refractivity contribution >= 4 is 11.7 Å². The summed E-state index contributed by atoms with van der Waals surface area (Å²) < 4.78 is 5.02. The van der Waals surface area contributed by atoms with E-state index >= 15 is 0 Å². The maximum absolute atomic E-state index is 11.4. The number of carboxylic acids is 1. The molecule has 1 N–H and O–H groups in total. The topological polar surface area (TPSA) is 83.9 Å². The van der Waals surface area contributed by atoms with Crippen molar-refractivity contribution in [3.63, 3.8) is 0 Å². The monoisotopic (exact) mass is 239 g/mol. The molecule has 17 heavy (non-hydrogen) atoms. The molecule has 0 amide bonds. The first-order valence-corrected chi connectivity index (χ1v) is 5.06. The minimum atomic E-state index is -1.10. The van der Waals surface area contributed by atoms with Crippen molar-refractivity contribution in [2.45, 2.75) is 6.92 Å². The highest BCUT2D eigenvalue weighted by molar-refractivity contribution is 5.76. The third-order valence-corrected chi connectivity index (χ3v) is 2.12. The average Bonchev–Trinajstić information content (AvgIpc) is 2.27. The summed E-state index contributed by atoms with van der Waals surface area (Å²) in [5.41, 5.74) is -1.39. The largest absolute Gasteiger partial charge is 0.488 e. The molecule has 1 aromatic carbocycles. The molecule has 92 valence electrons. The molecule has 0 fully saturated rings. The van der Waals surface area contributed by atoms with Gasteiger partial charge in [-0.3, -0.25) is 14.4 Å². The molecule has 0 radical (unpaired) electrons. The molecule has 1 aromatic rings. The standard InChI is InChI=1S/C11H13NO5/c1-3-5-12(6-7(13)14)8-9(15)10(16)11(8)17-4-2/h3H,1,4-6H2,2H3,(H,13,14). The molecule has 0 unspecified atom stereocenters. The van der Waals surface area contributed by atoms with E-state index in [4.69, 9.17) is 9.84 Å². The summed E-state index contributed by atoms with van der Waals surface area (Å²) >= 11 is 0. The van der Waals surface area contributed by atoms with Gasteiger partial charge in [0.25, 0.3) is 10.9 Å². The summed E-state index contributed by atoms with van der Waals surface area (Å²) in [7, 11) is 0. The van der Waals surface area contributed by atoms with Crippen molar-refractivity contribution in [3.8, 4) is 5.75 Å². The maximum Gasteiger partial charge on any atom is 0.323 e. The van der Waals surface area contributed by atoms with Crippen molar-refractivity contribution < 1.29 is 14.6 Å². The normalized spacial score (nSPS) is 10.2. The highest BCUT2D eigenvalue weighted by Crippen LogP contribution is 2.22.